The first kappa shape index (κ1) is 22.4. The minimum absolute atomic E-state index is 0.132. The van der Waals surface area contributed by atoms with Gasteiger partial charge in [-0.15, -0.1) is 0 Å². The molecule has 0 spiro atoms. The van der Waals surface area contributed by atoms with E-state index in [9.17, 15) is 4.79 Å². The van der Waals surface area contributed by atoms with E-state index in [-0.39, 0.29) is 17.5 Å². The molecule has 0 bridgehead atoms. The lowest BCUT2D eigenvalue weighted by Crippen LogP contribution is -2.39. The molecule has 0 aliphatic carbocycles. The Balaban J connectivity index is 1.45. The van der Waals surface area contributed by atoms with Crippen LogP contribution in [0.5, 0.6) is 5.75 Å². The van der Waals surface area contributed by atoms with Gasteiger partial charge in [0.15, 0.2) is 0 Å². The highest BCUT2D eigenvalue weighted by Crippen LogP contribution is 2.24. The van der Waals surface area contributed by atoms with E-state index < -0.39 is 0 Å². The summed E-state index contributed by atoms with van der Waals surface area (Å²) >= 11 is 0. The predicted octanol–water partition coefficient (Wildman–Crippen LogP) is 5.84. The number of amides is 2. The Morgan fingerprint density at radius 3 is 1.90 bits per heavy atom. The number of hydrogen-bond acceptors (Lipinski definition) is 2. The Hall–Kier alpha value is -3.27. The van der Waals surface area contributed by atoms with Crippen LogP contribution in [0.3, 0.4) is 0 Å². The maximum absolute atomic E-state index is 12.5. The summed E-state index contributed by atoms with van der Waals surface area (Å²) in [5.41, 5.74) is 3.51. The van der Waals surface area contributed by atoms with Crippen molar-refractivity contribution in [2.45, 2.75) is 38.6 Å². The van der Waals surface area contributed by atoms with Crippen LogP contribution in [-0.2, 0) is 5.41 Å². The molecule has 3 aromatic rings. The van der Waals surface area contributed by atoms with Gasteiger partial charge in [0.05, 0.1) is 12.6 Å². The average Bonchev–Trinajstić information content (AvgIpc) is 2.78. The summed E-state index contributed by atoms with van der Waals surface area (Å²) in [6.45, 7) is 7.68. The normalized spacial score (nSPS) is 11.2. The molecule has 0 aliphatic rings. The number of ether oxygens (including phenoxy) is 1. The first-order valence-corrected chi connectivity index (χ1v) is 10.8. The van der Waals surface area contributed by atoms with E-state index in [1.807, 2.05) is 72.8 Å². The Bertz CT molecular complexity index is 893. The van der Waals surface area contributed by atoms with Crippen LogP contribution in [0.1, 0.15) is 49.9 Å². The summed E-state index contributed by atoms with van der Waals surface area (Å²) < 4.78 is 5.80. The standard InChI is InChI=1S/C27H32N2O2/c1-27(2,3)23-15-17-24(18-16-23)31-20-10-19-28-26(30)29-25(21-11-6-4-7-12-21)22-13-8-5-9-14-22/h4-9,11-18,25H,10,19-20H2,1-3H3,(H2,28,29,30). The van der Waals surface area contributed by atoms with Gasteiger partial charge in [-0.1, -0.05) is 93.6 Å². The van der Waals surface area contributed by atoms with Gasteiger partial charge in [-0.05, 0) is 40.7 Å². The fourth-order valence-electron chi connectivity index (χ4n) is 3.35. The zero-order valence-electron chi connectivity index (χ0n) is 18.6. The van der Waals surface area contributed by atoms with E-state index in [0.29, 0.717) is 13.2 Å². The summed E-state index contributed by atoms with van der Waals surface area (Å²) in [7, 11) is 0. The summed E-state index contributed by atoms with van der Waals surface area (Å²) in [5.74, 6) is 0.852. The van der Waals surface area contributed by atoms with Crippen molar-refractivity contribution < 1.29 is 9.53 Å². The van der Waals surface area contributed by atoms with Crippen molar-refractivity contribution in [3.05, 3.63) is 102 Å². The van der Waals surface area contributed by atoms with E-state index in [1.54, 1.807) is 0 Å². The Labute approximate surface area is 185 Å². The number of carbonyl (C=O) groups is 1. The minimum atomic E-state index is -0.194. The van der Waals surface area contributed by atoms with Crippen molar-refractivity contribution in [1.29, 1.82) is 0 Å². The zero-order chi connectivity index (χ0) is 22.1. The second-order valence-corrected chi connectivity index (χ2v) is 8.63. The maximum Gasteiger partial charge on any atom is 0.315 e. The van der Waals surface area contributed by atoms with E-state index in [0.717, 1.165) is 23.3 Å². The predicted molar refractivity (Wildman–Crippen MR) is 127 cm³/mol. The molecule has 0 atom stereocenters. The number of hydrogen-bond donors (Lipinski definition) is 2. The van der Waals surface area contributed by atoms with Gasteiger partial charge >= 0.3 is 6.03 Å². The van der Waals surface area contributed by atoms with Crippen LogP contribution >= 0.6 is 0 Å². The smallest absolute Gasteiger partial charge is 0.315 e. The summed E-state index contributed by atoms with van der Waals surface area (Å²) in [4.78, 5) is 12.5. The summed E-state index contributed by atoms with van der Waals surface area (Å²) in [5, 5.41) is 6.03. The van der Waals surface area contributed by atoms with E-state index in [2.05, 4.69) is 43.5 Å². The van der Waals surface area contributed by atoms with Gasteiger partial charge < -0.3 is 15.4 Å². The molecule has 162 valence electrons. The van der Waals surface area contributed by atoms with Crippen LogP contribution in [0, 0.1) is 0 Å². The Morgan fingerprint density at radius 2 is 1.39 bits per heavy atom. The number of rotatable bonds is 8. The summed E-state index contributed by atoms with van der Waals surface area (Å²) in [6, 6.07) is 27.8. The topological polar surface area (TPSA) is 50.4 Å². The molecule has 0 saturated heterocycles. The molecule has 3 rings (SSSR count). The highest BCUT2D eigenvalue weighted by atomic mass is 16.5. The van der Waals surface area contributed by atoms with Crippen LogP contribution in [0.2, 0.25) is 0 Å². The van der Waals surface area contributed by atoms with Crippen LogP contribution < -0.4 is 15.4 Å². The second-order valence-electron chi connectivity index (χ2n) is 8.63. The second kappa shape index (κ2) is 10.7. The first-order valence-electron chi connectivity index (χ1n) is 10.8. The Morgan fingerprint density at radius 1 is 0.839 bits per heavy atom. The lowest BCUT2D eigenvalue weighted by Gasteiger charge is -2.20. The largest absolute Gasteiger partial charge is 0.494 e. The Kier molecular flexibility index (Phi) is 7.71. The SMILES string of the molecule is CC(C)(C)c1ccc(OCCCNC(=O)NC(c2ccccc2)c2ccccc2)cc1. The minimum Gasteiger partial charge on any atom is -0.494 e. The molecule has 0 unspecified atom stereocenters. The van der Waals surface area contributed by atoms with Gasteiger partial charge in [-0.3, -0.25) is 0 Å². The van der Waals surface area contributed by atoms with Crippen molar-refractivity contribution in [3.8, 4) is 5.75 Å². The third kappa shape index (κ3) is 6.88. The number of nitrogens with one attached hydrogen (secondary N) is 2. The molecule has 0 saturated carbocycles. The van der Waals surface area contributed by atoms with Gasteiger partial charge in [0, 0.05) is 6.54 Å². The molecular formula is C27H32N2O2. The molecule has 0 heterocycles. The molecule has 4 nitrogen and oxygen atoms in total. The van der Waals surface area contributed by atoms with E-state index in [4.69, 9.17) is 4.74 Å². The number of carbonyl (C=O) groups excluding carboxylic acids is 1. The van der Waals surface area contributed by atoms with Gasteiger partial charge in [0.25, 0.3) is 0 Å². The third-order valence-corrected chi connectivity index (χ3v) is 5.14. The quantitative estimate of drug-likeness (QED) is 0.453. The van der Waals surface area contributed by atoms with Crippen molar-refractivity contribution in [2.75, 3.05) is 13.2 Å². The average molecular weight is 417 g/mol. The molecule has 0 radical (unpaired) electrons. The van der Waals surface area contributed by atoms with Crippen LogP contribution in [0.15, 0.2) is 84.9 Å². The van der Waals surface area contributed by atoms with Crippen molar-refractivity contribution in [2.24, 2.45) is 0 Å². The lowest BCUT2D eigenvalue weighted by atomic mass is 9.87. The fourth-order valence-corrected chi connectivity index (χ4v) is 3.35. The molecule has 31 heavy (non-hydrogen) atoms. The molecule has 0 aromatic heterocycles. The lowest BCUT2D eigenvalue weighted by molar-refractivity contribution is 0.237. The number of benzene rings is 3. The number of urea groups is 1. The molecular weight excluding hydrogens is 384 g/mol. The molecule has 4 heteroatoms. The highest BCUT2D eigenvalue weighted by Gasteiger charge is 2.16. The van der Waals surface area contributed by atoms with E-state index >= 15 is 0 Å². The fraction of sp³-hybridized carbons (Fsp3) is 0.296. The summed E-state index contributed by atoms with van der Waals surface area (Å²) in [6.07, 6.45) is 0.732. The maximum atomic E-state index is 12.5. The third-order valence-electron chi connectivity index (χ3n) is 5.14. The van der Waals surface area contributed by atoms with Crippen molar-refractivity contribution >= 4 is 6.03 Å². The molecule has 3 aromatic carbocycles. The van der Waals surface area contributed by atoms with Gasteiger partial charge in [0.2, 0.25) is 0 Å². The van der Waals surface area contributed by atoms with Gasteiger partial charge in [-0.25, -0.2) is 4.79 Å². The van der Waals surface area contributed by atoms with Crippen LogP contribution in [0.25, 0.3) is 0 Å². The van der Waals surface area contributed by atoms with Gasteiger partial charge in [-0.2, -0.15) is 0 Å². The van der Waals surface area contributed by atoms with E-state index in [1.165, 1.54) is 5.56 Å². The molecule has 0 fully saturated rings. The van der Waals surface area contributed by atoms with Crippen LogP contribution in [-0.4, -0.2) is 19.2 Å². The zero-order valence-corrected chi connectivity index (χ0v) is 18.6. The van der Waals surface area contributed by atoms with Crippen molar-refractivity contribution in [3.63, 3.8) is 0 Å². The monoisotopic (exact) mass is 416 g/mol. The van der Waals surface area contributed by atoms with Crippen LogP contribution in [0.4, 0.5) is 4.79 Å². The molecule has 0 aliphatic heterocycles. The molecule has 2 amide bonds. The van der Waals surface area contributed by atoms with Crippen molar-refractivity contribution in [1.82, 2.24) is 10.6 Å². The van der Waals surface area contributed by atoms with Gasteiger partial charge in [0.1, 0.15) is 5.75 Å². The molecule has 2 N–H and O–H groups in total. The highest BCUT2D eigenvalue weighted by molar-refractivity contribution is 5.75. The first-order chi connectivity index (χ1) is 14.9.